The Kier molecular flexibility index (Phi) is 4.43. The minimum absolute atomic E-state index is 0.801. The van der Waals surface area contributed by atoms with E-state index in [1.54, 1.807) is 0 Å². The molecule has 0 amide bonds. The first-order chi connectivity index (χ1) is 11.9. The molecule has 0 radical (unpaired) electrons. The van der Waals surface area contributed by atoms with E-state index >= 15 is 0 Å². The number of nitrogens with zero attached hydrogens (tertiary/aromatic N) is 2. The smallest absolute Gasteiger partial charge is 0.126 e. The maximum atomic E-state index is 4.66. The summed E-state index contributed by atoms with van der Waals surface area (Å²) >= 11 is 0. The lowest BCUT2D eigenvalue weighted by atomic mass is 10.1. The summed E-state index contributed by atoms with van der Waals surface area (Å²) in [6, 6.07) is 21.3. The Balaban J connectivity index is 1.37. The third-order valence-electron chi connectivity index (χ3n) is 4.70. The molecule has 122 valence electrons. The van der Waals surface area contributed by atoms with E-state index in [9.17, 15) is 0 Å². The average Bonchev–Trinajstić information content (AvgIpc) is 3.14. The summed E-state index contributed by atoms with van der Waals surface area (Å²) in [7, 11) is 0. The van der Waals surface area contributed by atoms with E-state index in [0.717, 1.165) is 24.4 Å². The largest absolute Gasteiger partial charge is 0.366 e. The predicted octanol–water partition coefficient (Wildman–Crippen LogP) is 4.44. The lowest BCUT2D eigenvalue weighted by Crippen LogP contribution is -2.18. The zero-order valence-corrected chi connectivity index (χ0v) is 13.9. The maximum absolute atomic E-state index is 4.66. The van der Waals surface area contributed by atoms with Gasteiger partial charge >= 0.3 is 0 Å². The molecule has 1 saturated heterocycles. The van der Waals surface area contributed by atoms with Crippen molar-refractivity contribution >= 4 is 16.7 Å². The van der Waals surface area contributed by atoms with Crippen molar-refractivity contribution in [3.63, 3.8) is 0 Å². The molecule has 0 unspecified atom stereocenters. The number of hydrogen-bond acceptors (Lipinski definition) is 3. The molecule has 3 heteroatoms. The van der Waals surface area contributed by atoms with Crippen molar-refractivity contribution in [2.24, 2.45) is 0 Å². The van der Waals surface area contributed by atoms with Gasteiger partial charge in [-0.2, -0.15) is 0 Å². The van der Waals surface area contributed by atoms with Crippen molar-refractivity contribution in [1.82, 2.24) is 9.88 Å². The molecular weight excluding hydrogens is 294 g/mol. The van der Waals surface area contributed by atoms with Crippen molar-refractivity contribution in [2.75, 3.05) is 18.4 Å². The molecule has 1 aliphatic rings. The van der Waals surface area contributed by atoms with E-state index in [4.69, 9.17) is 0 Å². The van der Waals surface area contributed by atoms with Crippen LogP contribution < -0.4 is 5.32 Å². The number of pyridine rings is 1. The first kappa shape index (κ1) is 15.2. The molecule has 1 N–H and O–H groups in total. The van der Waals surface area contributed by atoms with Crippen LogP contribution in [-0.2, 0) is 13.1 Å². The van der Waals surface area contributed by atoms with Gasteiger partial charge in [-0.25, -0.2) is 4.98 Å². The van der Waals surface area contributed by atoms with Gasteiger partial charge in [-0.15, -0.1) is 0 Å². The number of hydrogen-bond donors (Lipinski definition) is 1. The van der Waals surface area contributed by atoms with Gasteiger partial charge in [-0.1, -0.05) is 42.5 Å². The molecule has 0 spiro atoms. The minimum atomic E-state index is 0.801. The number of benzene rings is 2. The number of fused-ring (bicyclic) bond motifs is 1. The van der Waals surface area contributed by atoms with Gasteiger partial charge in [0.2, 0.25) is 0 Å². The molecule has 3 nitrogen and oxygen atoms in total. The quantitative estimate of drug-likeness (QED) is 0.754. The van der Waals surface area contributed by atoms with Crippen LogP contribution in [0.15, 0.2) is 60.7 Å². The van der Waals surface area contributed by atoms with E-state index in [2.05, 4.69) is 51.6 Å². The first-order valence-electron chi connectivity index (χ1n) is 8.77. The number of para-hydroxylation sites is 1. The van der Waals surface area contributed by atoms with Crippen LogP contribution in [0.3, 0.4) is 0 Å². The summed E-state index contributed by atoms with van der Waals surface area (Å²) in [5.41, 5.74) is 3.73. The van der Waals surface area contributed by atoms with Crippen LogP contribution in [0.2, 0.25) is 0 Å². The molecule has 24 heavy (non-hydrogen) atoms. The summed E-state index contributed by atoms with van der Waals surface area (Å²) in [4.78, 5) is 7.19. The molecule has 1 aromatic heterocycles. The van der Waals surface area contributed by atoms with Crippen LogP contribution in [-0.4, -0.2) is 23.0 Å². The van der Waals surface area contributed by atoms with Crippen LogP contribution in [0.5, 0.6) is 0 Å². The third kappa shape index (κ3) is 3.57. The minimum Gasteiger partial charge on any atom is -0.366 e. The SMILES string of the molecule is c1ccc2nc(NCc3ccc(CN4CCCC4)cc3)ccc2c1. The lowest BCUT2D eigenvalue weighted by molar-refractivity contribution is 0.331. The second-order valence-corrected chi connectivity index (χ2v) is 6.54. The highest BCUT2D eigenvalue weighted by molar-refractivity contribution is 5.80. The number of likely N-dealkylation sites (tertiary alicyclic amines) is 1. The Morgan fingerprint density at radius 3 is 2.42 bits per heavy atom. The first-order valence-corrected chi connectivity index (χ1v) is 8.77. The predicted molar refractivity (Wildman–Crippen MR) is 100 cm³/mol. The van der Waals surface area contributed by atoms with E-state index in [0.29, 0.717) is 0 Å². The molecule has 0 aliphatic carbocycles. The standard InChI is InChI=1S/C21H23N3/c1-2-6-20-19(5-1)11-12-21(23-20)22-15-17-7-9-18(10-8-17)16-24-13-3-4-14-24/h1-2,5-12H,3-4,13-16H2,(H,22,23). The third-order valence-corrected chi connectivity index (χ3v) is 4.70. The molecule has 3 aromatic rings. The van der Waals surface area contributed by atoms with Gasteiger partial charge in [0.1, 0.15) is 5.82 Å². The molecule has 1 aliphatic heterocycles. The highest BCUT2D eigenvalue weighted by Crippen LogP contribution is 2.16. The Morgan fingerprint density at radius 2 is 1.58 bits per heavy atom. The fraction of sp³-hybridized carbons (Fsp3) is 0.286. The molecule has 2 heterocycles. The van der Waals surface area contributed by atoms with Crippen molar-refractivity contribution in [2.45, 2.75) is 25.9 Å². The topological polar surface area (TPSA) is 28.2 Å². The Hall–Kier alpha value is -2.39. The molecule has 4 rings (SSSR count). The lowest BCUT2D eigenvalue weighted by Gasteiger charge is -2.14. The van der Waals surface area contributed by atoms with Gasteiger partial charge in [0.05, 0.1) is 5.52 Å². The van der Waals surface area contributed by atoms with E-state index in [1.807, 2.05) is 24.3 Å². The van der Waals surface area contributed by atoms with Crippen LogP contribution in [0.4, 0.5) is 5.82 Å². The maximum Gasteiger partial charge on any atom is 0.126 e. The van der Waals surface area contributed by atoms with Gasteiger partial charge in [-0.3, -0.25) is 4.90 Å². The summed E-state index contributed by atoms with van der Waals surface area (Å²) in [5.74, 6) is 0.926. The van der Waals surface area contributed by atoms with E-state index < -0.39 is 0 Å². The Labute approximate surface area is 143 Å². The Bertz CT molecular complexity index is 805. The average molecular weight is 317 g/mol. The van der Waals surface area contributed by atoms with Crippen LogP contribution in [0, 0.1) is 0 Å². The van der Waals surface area contributed by atoms with E-state index in [1.165, 1.54) is 42.4 Å². The number of aromatic nitrogens is 1. The monoisotopic (exact) mass is 317 g/mol. The van der Waals surface area contributed by atoms with E-state index in [-0.39, 0.29) is 0 Å². The highest BCUT2D eigenvalue weighted by atomic mass is 15.1. The van der Waals surface area contributed by atoms with Gasteiger partial charge in [-0.05, 0) is 55.3 Å². The van der Waals surface area contributed by atoms with Gasteiger partial charge in [0, 0.05) is 18.5 Å². The molecular formula is C21H23N3. The van der Waals surface area contributed by atoms with Gasteiger partial charge in [0.25, 0.3) is 0 Å². The van der Waals surface area contributed by atoms with Gasteiger partial charge in [0.15, 0.2) is 0 Å². The summed E-state index contributed by atoms with van der Waals surface area (Å²) in [6.45, 7) is 4.38. The zero-order chi connectivity index (χ0) is 16.2. The molecule has 0 bridgehead atoms. The Morgan fingerprint density at radius 1 is 0.833 bits per heavy atom. The van der Waals surface area contributed by atoms with Gasteiger partial charge < -0.3 is 5.32 Å². The fourth-order valence-corrected chi connectivity index (χ4v) is 3.32. The number of anilines is 1. The molecule has 1 fully saturated rings. The van der Waals surface area contributed by atoms with Crippen molar-refractivity contribution < 1.29 is 0 Å². The summed E-state index contributed by atoms with van der Waals surface area (Å²) in [5, 5.41) is 4.60. The van der Waals surface area contributed by atoms with Crippen LogP contribution >= 0.6 is 0 Å². The molecule has 0 saturated carbocycles. The normalized spacial score (nSPS) is 15.0. The van der Waals surface area contributed by atoms with Crippen molar-refractivity contribution in [3.05, 3.63) is 71.8 Å². The van der Waals surface area contributed by atoms with Crippen molar-refractivity contribution in [1.29, 1.82) is 0 Å². The van der Waals surface area contributed by atoms with Crippen LogP contribution in [0.1, 0.15) is 24.0 Å². The van der Waals surface area contributed by atoms with Crippen LogP contribution in [0.25, 0.3) is 10.9 Å². The summed E-state index contributed by atoms with van der Waals surface area (Å²) in [6.07, 6.45) is 2.70. The molecule has 2 aromatic carbocycles. The second kappa shape index (κ2) is 7.02. The zero-order valence-electron chi connectivity index (χ0n) is 13.9. The van der Waals surface area contributed by atoms with Crippen molar-refractivity contribution in [3.8, 4) is 0 Å². The fourth-order valence-electron chi connectivity index (χ4n) is 3.32. The highest BCUT2D eigenvalue weighted by Gasteiger charge is 2.11. The second-order valence-electron chi connectivity index (χ2n) is 6.54. The summed E-state index contributed by atoms with van der Waals surface area (Å²) < 4.78 is 0. The molecule has 0 atom stereocenters. The number of rotatable bonds is 5. The number of nitrogens with one attached hydrogen (secondary N) is 1.